The lowest BCUT2D eigenvalue weighted by atomic mass is 9.82. The molecule has 1 saturated carbocycles. The van der Waals surface area contributed by atoms with E-state index in [1.54, 1.807) is 12.4 Å². The van der Waals surface area contributed by atoms with E-state index in [2.05, 4.69) is 4.98 Å². The Morgan fingerprint density at radius 3 is 2.53 bits per heavy atom. The second kappa shape index (κ2) is 3.93. The molecule has 2 rings (SSSR count). The number of carbonyl (C=O) groups excluding carboxylic acids is 2. The lowest BCUT2D eigenvalue weighted by Gasteiger charge is -2.21. The number of aryl methyl sites for hydroxylation is 1. The highest BCUT2D eigenvalue weighted by Gasteiger charge is 2.27. The number of hydrogen-bond donors (Lipinski definition) is 0. The first kappa shape index (κ1) is 10.0. The molecule has 1 fully saturated rings. The zero-order valence-electron chi connectivity index (χ0n) is 8.69. The smallest absolute Gasteiger partial charge is 0.140 e. The van der Waals surface area contributed by atoms with Crippen LogP contribution in [-0.4, -0.2) is 16.6 Å². The van der Waals surface area contributed by atoms with Crippen LogP contribution in [0.3, 0.4) is 0 Å². The molecule has 0 radical (unpaired) electrons. The number of ketones is 2. The Bertz CT molecular complexity index is 396. The van der Waals surface area contributed by atoms with Crippen molar-refractivity contribution in [1.29, 1.82) is 0 Å². The van der Waals surface area contributed by atoms with Crippen molar-refractivity contribution in [2.24, 2.45) is 0 Å². The van der Waals surface area contributed by atoms with Gasteiger partial charge in [0.05, 0.1) is 6.42 Å². The van der Waals surface area contributed by atoms with Crippen LogP contribution < -0.4 is 0 Å². The van der Waals surface area contributed by atoms with Gasteiger partial charge in [0.15, 0.2) is 0 Å². The van der Waals surface area contributed by atoms with Crippen molar-refractivity contribution in [2.45, 2.75) is 32.1 Å². The standard InChI is InChI=1S/C12H13NO2/c1-8-2-3-13-7-12(8)9-4-10(14)6-11(15)5-9/h2-3,7,9H,4-6H2,1H3. The molecule has 0 saturated heterocycles. The third-order valence-corrected chi connectivity index (χ3v) is 2.86. The highest BCUT2D eigenvalue weighted by atomic mass is 16.1. The van der Waals surface area contributed by atoms with E-state index in [1.807, 2.05) is 13.0 Å². The van der Waals surface area contributed by atoms with Crippen molar-refractivity contribution >= 4 is 11.6 Å². The fraction of sp³-hybridized carbons (Fsp3) is 0.417. The topological polar surface area (TPSA) is 47.0 Å². The third kappa shape index (κ3) is 2.12. The van der Waals surface area contributed by atoms with Gasteiger partial charge in [0.1, 0.15) is 11.6 Å². The number of Topliss-reactive ketones (excluding diaryl/α,β-unsaturated/α-hetero) is 2. The Morgan fingerprint density at radius 1 is 1.27 bits per heavy atom. The molecule has 0 aromatic carbocycles. The van der Waals surface area contributed by atoms with Crippen LogP contribution >= 0.6 is 0 Å². The van der Waals surface area contributed by atoms with Crippen molar-refractivity contribution in [3.05, 3.63) is 29.6 Å². The van der Waals surface area contributed by atoms with Crippen LogP contribution in [0.4, 0.5) is 0 Å². The molecule has 0 unspecified atom stereocenters. The molecule has 78 valence electrons. The fourth-order valence-corrected chi connectivity index (χ4v) is 2.11. The molecule has 3 nitrogen and oxygen atoms in total. The van der Waals surface area contributed by atoms with Crippen molar-refractivity contribution in [3.8, 4) is 0 Å². The largest absolute Gasteiger partial charge is 0.299 e. The van der Waals surface area contributed by atoms with Crippen LogP contribution in [0.1, 0.15) is 36.3 Å². The Labute approximate surface area is 88.5 Å². The molecule has 1 aromatic heterocycles. The van der Waals surface area contributed by atoms with Gasteiger partial charge in [-0.2, -0.15) is 0 Å². The van der Waals surface area contributed by atoms with Gasteiger partial charge < -0.3 is 0 Å². The first-order valence-electron chi connectivity index (χ1n) is 5.10. The second-order valence-electron chi connectivity index (χ2n) is 4.09. The lowest BCUT2D eigenvalue weighted by Crippen LogP contribution is -2.21. The van der Waals surface area contributed by atoms with Crippen molar-refractivity contribution < 1.29 is 9.59 Å². The fourth-order valence-electron chi connectivity index (χ4n) is 2.11. The van der Waals surface area contributed by atoms with Gasteiger partial charge in [0, 0.05) is 25.2 Å². The summed E-state index contributed by atoms with van der Waals surface area (Å²) in [5.74, 6) is 0.159. The molecule has 1 aromatic rings. The molecule has 1 aliphatic carbocycles. The van der Waals surface area contributed by atoms with Crippen LogP contribution in [-0.2, 0) is 9.59 Å². The van der Waals surface area contributed by atoms with Gasteiger partial charge in [-0.1, -0.05) is 0 Å². The van der Waals surface area contributed by atoms with E-state index in [9.17, 15) is 9.59 Å². The second-order valence-corrected chi connectivity index (χ2v) is 4.09. The SMILES string of the molecule is Cc1ccncc1C1CC(=O)CC(=O)C1. The van der Waals surface area contributed by atoms with Crippen molar-refractivity contribution in [2.75, 3.05) is 0 Å². The summed E-state index contributed by atoms with van der Waals surface area (Å²) in [6.45, 7) is 1.99. The minimum Gasteiger partial charge on any atom is -0.299 e. The number of hydrogen-bond acceptors (Lipinski definition) is 3. The number of rotatable bonds is 1. The van der Waals surface area contributed by atoms with Gasteiger partial charge in [0.2, 0.25) is 0 Å². The summed E-state index contributed by atoms with van der Waals surface area (Å²) in [6.07, 6.45) is 4.59. The molecule has 3 heteroatoms. The summed E-state index contributed by atoms with van der Waals surface area (Å²) in [5, 5.41) is 0. The van der Waals surface area contributed by atoms with E-state index in [0.717, 1.165) is 11.1 Å². The van der Waals surface area contributed by atoms with E-state index in [-0.39, 0.29) is 23.9 Å². The van der Waals surface area contributed by atoms with E-state index in [4.69, 9.17) is 0 Å². The maximum atomic E-state index is 11.3. The van der Waals surface area contributed by atoms with Gasteiger partial charge in [-0.3, -0.25) is 14.6 Å². The van der Waals surface area contributed by atoms with Gasteiger partial charge in [-0.25, -0.2) is 0 Å². The Hall–Kier alpha value is -1.51. The Morgan fingerprint density at radius 2 is 1.93 bits per heavy atom. The average Bonchev–Trinajstić information content (AvgIpc) is 2.16. The summed E-state index contributed by atoms with van der Waals surface area (Å²) in [4.78, 5) is 26.7. The van der Waals surface area contributed by atoms with Gasteiger partial charge in [-0.05, 0) is 30.0 Å². The van der Waals surface area contributed by atoms with Crippen LogP contribution in [0.15, 0.2) is 18.5 Å². The Balaban J connectivity index is 2.27. The zero-order valence-corrected chi connectivity index (χ0v) is 8.69. The highest BCUT2D eigenvalue weighted by Crippen LogP contribution is 2.30. The predicted octanol–water partition coefficient (Wildman–Crippen LogP) is 1.80. The zero-order chi connectivity index (χ0) is 10.8. The summed E-state index contributed by atoms with van der Waals surface area (Å²) >= 11 is 0. The monoisotopic (exact) mass is 203 g/mol. The van der Waals surface area contributed by atoms with Gasteiger partial charge in [-0.15, -0.1) is 0 Å². The summed E-state index contributed by atoms with van der Waals surface area (Å²) in [5.41, 5.74) is 2.15. The molecule has 0 amide bonds. The maximum absolute atomic E-state index is 11.3. The molecule has 0 atom stereocenters. The van der Waals surface area contributed by atoms with Gasteiger partial charge in [0.25, 0.3) is 0 Å². The first-order valence-corrected chi connectivity index (χ1v) is 5.10. The van der Waals surface area contributed by atoms with E-state index >= 15 is 0 Å². The Kier molecular flexibility index (Phi) is 2.62. The van der Waals surface area contributed by atoms with E-state index in [1.165, 1.54) is 0 Å². The summed E-state index contributed by atoms with van der Waals surface area (Å²) in [7, 11) is 0. The number of carbonyl (C=O) groups is 2. The van der Waals surface area contributed by atoms with Crippen LogP contribution in [0, 0.1) is 6.92 Å². The molecule has 1 aliphatic rings. The predicted molar refractivity (Wildman–Crippen MR) is 55.6 cm³/mol. The van der Waals surface area contributed by atoms with Gasteiger partial charge >= 0.3 is 0 Å². The normalized spacial score (nSPS) is 18.2. The highest BCUT2D eigenvalue weighted by molar-refractivity contribution is 6.02. The first-order chi connectivity index (χ1) is 7.16. The lowest BCUT2D eigenvalue weighted by molar-refractivity contribution is -0.130. The molecule has 0 N–H and O–H groups in total. The average molecular weight is 203 g/mol. The van der Waals surface area contributed by atoms with E-state index < -0.39 is 0 Å². The van der Waals surface area contributed by atoms with Crippen LogP contribution in [0.2, 0.25) is 0 Å². The molecule has 15 heavy (non-hydrogen) atoms. The molecule has 0 aliphatic heterocycles. The maximum Gasteiger partial charge on any atom is 0.140 e. The third-order valence-electron chi connectivity index (χ3n) is 2.86. The quantitative estimate of drug-likeness (QED) is 0.654. The minimum absolute atomic E-state index is 0.0486. The van der Waals surface area contributed by atoms with Crippen molar-refractivity contribution in [3.63, 3.8) is 0 Å². The van der Waals surface area contributed by atoms with E-state index in [0.29, 0.717) is 12.8 Å². The molecule has 0 spiro atoms. The van der Waals surface area contributed by atoms with Crippen LogP contribution in [0.5, 0.6) is 0 Å². The summed E-state index contributed by atoms with van der Waals surface area (Å²) in [6, 6.07) is 1.92. The van der Waals surface area contributed by atoms with Crippen LogP contribution in [0.25, 0.3) is 0 Å². The summed E-state index contributed by atoms with van der Waals surface area (Å²) < 4.78 is 0. The molecular weight excluding hydrogens is 190 g/mol. The number of nitrogens with zero attached hydrogens (tertiary/aromatic N) is 1. The minimum atomic E-state index is 0.0486. The number of pyridine rings is 1. The number of aromatic nitrogens is 1. The molecular formula is C12H13NO2. The molecule has 0 bridgehead atoms. The molecule has 1 heterocycles. The van der Waals surface area contributed by atoms with Crippen molar-refractivity contribution in [1.82, 2.24) is 4.98 Å².